The van der Waals surface area contributed by atoms with Gasteiger partial charge in [0.2, 0.25) is 5.91 Å². The van der Waals surface area contributed by atoms with E-state index >= 15 is 0 Å². The van der Waals surface area contributed by atoms with Crippen molar-refractivity contribution in [2.75, 3.05) is 19.8 Å². The standard InChI is InChI=1S/C12H15N3O6/c1-13-9(16)2-3-14(12(13)20)6-10(17)15-4-5-21-7-8(15)11(18)19/h2-3,8H,4-7H2,1H3,(H,18,19). The molecule has 1 atom stereocenters. The van der Waals surface area contributed by atoms with Gasteiger partial charge in [0.05, 0.1) is 13.2 Å². The van der Waals surface area contributed by atoms with E-state index in [9.17, 15) is 19.2 Å². The molecular formula is C12H15N3O6. The van der Waals surface area contributed by atoms with Crippen molar-refractivity contribution in [2.45, 2.75) is 12.6 Å². The Bertz CT molecular complexity index is 676. The number of carbonyl (C=O) groups excluding carboxylic acids is 1. The molecule has 0 spiro atoms. The van der Waals surface area contributed by atoms with Gasteiger partial charge >= 0.3 is 11.7 Å². The second-order valence-corrected chi connectivity index (χ2v) is 4.64. The number of hydrogen-bond donors (Lipinski definition) is 1. The molecule has 1 aromatic rings. The van der Waals surface area contributed by atoms with E-state index in [2.05, 4.69) is 0 Å². The summed E-state index contributed by atoms with van der Waals surface area (Å²) in [6.45, 7) is -0.00596. The smallest absolute Gasteiger partial charge is 0.331 e. The summed E-state index contributed by atoms with van der Waals surface area (Å²) in [7, 11) is 1.31. The predicted octanol–water partition coefficient (Wildman–Crippen LogP) is -2.14. The predicted molar refractivity (Wildman–Crippen MR) is 69.9 cm³/mol. The van der Waals surface area contributed by atoms with Crippen LogP contribution in [0.5, 0.6) is 0 Å². The topological polar surface area (TPSA) is 111 Å². The van der Waals surface area contributed by atoms with E-state index in [1.807, 2.05) is 0 Å². The zero-order valence-electron chi connectivity index (χ0n) is 11.4. The normalized spacial score (nSPS) is 18.5. The van der Waals surface area contributed by atoms with Crippen LogP contribution in [0.15, 0.2) is 21.9 Å². The number of morpholine rings is 1. The maximum Gasteiger partial charge on any atom is 0.331 e. The monoisotopic (exact) mass is 297 g/mol. The van der Waals surface area contributed by atoms with Crippen LogP contribution in [0.25, 0.3) is 0 Å². The van der Waals surface area contributed by atoms with Crippen molar-refractivity contribution in [3.05, 3.63) is 33.1 Å². The molecule has 1 aromatic heterocycles. The van der Waals surface area contributed by atoms with Gasteiger partial charge in [-0.15, -0.1) is 0 Å². The van der Waals surface area contributed by atoms with Gasteiger partial charge in [-0.2, -0.15) is 0 Å². The Morgan fingerprint density at radius 2 is 2.14 bits per heavy atom. The molecule has 2 rings (SSSR count). The molecule has 0 bridgehead atoms. The van der Waals surface area contributed by atoms with Gasteiger partial charge in [0, 0.05) is 25.9 Å². The molecule has 1 aliphatic heterocycles. The number of hydrogen-bond acceptors (Lipinski definition) is 5. The van der Waals surface area contributed by atoms with E-state index in [1.165, 1.54) is 24.2 Å². The number of rotatable bonds is 3. The van der Waals surface area contributed by atoms with Crippen LogP contribution >= 0.6 is 0 Å². The van der Waals surface area contributed by atoms with Crippen LogP contribution in [-0.2, 0) is 27.9 Å². The molecule has 1 saturated heterocycles. The van der Waals surface area contributed by atoms with Gasteiger partial charge in [0.1, 0.15) is 6.54 Å². The SMILES string of the molecule is Cn1c(=O)ccn(CC(=O)N2CCOCC2C(=O)O)c1=O. The molecule has 1 fully saturated rings. The maximum absolute atomic E-state index is 12.2. The molecule has 2 heterocycles. The fraction of sp³-hybridized carbons (Fsp3) is 0.500. The summed E-state index contributed by atoms with van der Waals surface area (Å²) in [4.78, 5) is 47.6. The minimum atomic E-state index is -1.16. The Kier molecular flexibility index (Phi) is 4.22. The van der Waals surface area contributed by atoms with Crippen LogP contribution in [-0.4, -0.2) is 56.8 Å². The highest BCUT2D eigenvalue weighted by molar-refractivity contribution is 5.83. The van der Waals surface area contributed by atoms with Gasteiger partial charge in [-0.25, -0.2) is 9.59 Å². The van der Waals surface area contributed by atoms with E-state index in [0.717, 1.165) is 9.13 Å². The Morgan fingerprint density at radius 3 is 2.81 bits per heavy atom. The van der Waals surface area contributed by atoms with Crippen molar-refractivity contribution < 1.29 is 19.4 Å². The summed E-state index contributed by atoms with van der Waals surface area (Å²) in [5.41, 5.74) is -1.10. The summed E-state index contributed by atoms with van der Waals surface area (Å²) in [6.07, 6.45) is 1.22. The van der Waals surface area contributed by atoms with E-state index < -0.39 is 29.2 Å². The molecule has 9 heteroatoms. The summed E-state index contributed by atoms with van der Waals surface area (Å²) in [5, 5.41) is 9.07. The molecule has 0 aromatic carbocycles. The average molecular weight is 297 g/mol. The zero-order valence-corrected chi connectivity index (χ0v) is 11.4. The van der Waals surface area contributed by atoms with Crippen molar-refractivity contribution in [1.29, 1.82) is 0 Å². The zero-order chi connectivity index (χ0) is 15.6. The highest BCUT2D eigenvalue weighted by atomic mass is 16.5. The quantitative estimate of drug-likeness (QED) is 0.681. The second kappa shape index (κ2) is 5.92. The molecular weight excluding hydrogens is 282 g/mol. The average Bonchev–Trinajstić information content (AvgIpc) is 2.47. The summed E-state index contributed by atoms with van der Waals surface area (Å²) >= 11 is 0. The molecule has 1 N–H and O–H groups in total. The number of carboxylic acid groups (broad SMARTS) is 1. The first kappa shape index (κ1) is 15.0. The number of aromatic nitrogens is 2. The Morgan fingerprint density at radius 1 is 1.43 bits per heavy atom. The lowest BCUT2D eigenvalue weighted by Gasteiger charge is -2.32. The van der Waals surface area contributed by atoms with Crippen LogP contribution < -0.4 is 11.2 Å². The fourth-order valence-electron chi connectivity index (χ4n) is 2.08. The Labute approximate surface area is 119 Å². The van der Waals surface area contributed by atoms with E-state index in [4.69, 9.17) is 9.84 Å². The minimum Gasteiger partial charge on any atom is -0.480 e. The number of ether oxygens (including phenoxy) is 1. The largest absolute Gasteiger partial charge is 0.480 e. The van der Waals surface area contributed by atoms with Crippen molar-refractivity contribution in [3.8, 4) is 0 Å². The molecule has 1 aliphatic rings. The summed E-state index contributed by atoms with van der Waals surface area (Å²) in [6, 6.07) is 0.109. The number of amides is 1. The molecule has 0 radical (unpaired) electrons. The first-order chi connectivity index (χ1) is 9.91. The highest BCUT2D eigenvalue weighted by Gasteiger charge is 2.32. The van der Waals surface area contributed by atoms with Gasteiger partial charge in [-0.1, -0.05) is 0 Å². The third-order valence-electron chi connectivity index (χ3n) is 3.30. The highest BCUT2D eigenvalue weighted by Crippen LogP contribution is 2.08. The lowest BCUT2D eigenvalue weighted by atomic mass is 10.2. The van der Waals surface area contributed by atoms with E-state index in [-0.39, 0.29) is 26.3 Å². The minimum absolute atomic E-state index is 0.0801. The molecule has 0 saturated carbocycles. The Hall–Kier alpha value is -2.42. The van der Waals surface area contributed by atoms with E-state index in [0.29, 0.717) is 0 Å². The third-order valence-corrected chi connectivity index (χ3v) is 3.30. The first-order valence-corrected chi connectivity index (χ1v) is 6.28. The molecule has 1 unspecified atom stereocenters. The molecule has 1 amide bonds. The van der Waals surface area contributed by atoms with Gasteiger partial charge in [0.25, 0.3) is 5.56 Å². The van der Waals surface area contributed by atoms with Crippen LogP contribution in [0, 0.1) is 0 Å². The number of carboxylic acids is 1. The molecule has 21 heavy (non-hydrogen) atoms. The first-order valence-electron chi connectivity index (χ1n) is 6.28. The fourth-order valence-corrected chi connectivity index (χ4v) is 2.08. The molecule has 0 aliphatic carbocycles. The van der Waals surface area contributed by atoms with Crippen molar-refractivity contribution >= 4 is 11.9 Å². The number of carbonyl (C=O) groups is 2. The van der Waals surface area contributed by atoms with Crippen molar-refractivity contribution in [1.82, 2.24) is 14.0 Å². The van der Waals surface area contributed by atoms with Gasteiger partial charge in [0.15, 0.2) is 6.04 Å². The second-order valence-electron chi connectivity index (χ2n) is 4.64. The van der Waals surface area contributed by atoms with Crippen LogP contribution in [0.3, 0.4) is 0 Å². The van der Waals surface area contributed by atoms with Crippen LogP contribution in [0.2, 0.25) is 0 Å². The third kappa shape index (κ3) is 3.02. The Balaban J connectivity index is 2.21. The van der Waals surface area contributed by atoms with Gasteiger partial charge in [-0.05, 0) is 0 Å². The number of aliphatic carboxylic acids is 1. The van der Waals surface area contributed by atoms with E-state index in [1.54, 1.807) is 0 Å². The van der Waals surface area contributed by atoms with Gasteiger partial charge in [-0.3, -0.25) is 18.7 Å². The van der Waals surface area contributed by atoms with Crippen LogP contribution in [0.4, 0.5) is 0 Å². The lowest BCUT2D eigenvalue weighted by molar-refractivity contribution is -0.158. The molecule has 9 nitrogen and oxygen atoms in total. The number of nitrogens with zero attached hydrogens (tertiary/aromatic N) is 3. The van der Waals surface area contributed by atoms with Gasteiger partial charge < -0.3 is 14.7 Å². The lowest BCUT2D eigenvalue weighted by Crippen LogP contribution is -2.54. The maximum atomic E-state index is 12.2. The van der Waals surface area contributed by atoms with Crippen LogP contribution in [0.1, 0.15) is 0 Å². The van der Waals surface area contributed by atoms with Crippen molar-refractivity contribution in [3.63, 3.8) is 0 Å². The summed E-state index contributed by atoms with van der Waals surface area (Å²) in [5.74, 6) is -1.66. The van der Waals surface area contributed by atoms with Crippen molar-refractivity contribution in [2.24, 2.45) is 7.05 Å². The molecule has 114 valence electrons. The summed E-state index contributed by atoms with van der Waals surface area (Å²) < 4.78 is 6.99.